The summed E-state index contributed by atoms with van der Waals surface area (Å²) < 4.78 is 31.2. The van der Waals surface area contributed by atoms with Crippen LogP contribution in [-0.4, -0.2) is 40.3 Å². The molecule has 0 aromatic heterocycles. The van der Waals surface area contributed by atoms with Gasteiger partial charge in [-0.2, -0.15) is 8.78 Å². The van der Waals surface area contributed by atoms with Crippen molar-refractivity contribution >= 4 is 22.6 Å². The zero-order valence-electron chi connectivity index (χ0n) is 14.0. The topological polar surface area (TPSA) is 35.7 Å². The maximum absolute atomic E-state index is 12.4. The number of benzene rings is 2. The lowest BCUT2D eigenvalue weighted by atomic mass is 10.0. The third-order valence-corrected chi connectivity index (χ3v) is 5.85. The maximum Gasteiger partial charge on any atom is 0.387 e. The minimum absolute atomic E-state index is 0.0856. The molecule has 26 heavy (non-hydrogen) atoms. The molecule has 1 atom stereocenters. The molecule has 2 aromatic rings. The number of hydrogen-bond acceptors (Lipinski definition) is 4. The van der Waals surface area contributed by atoms with Gasteiger partial charge in [0.1, 0.15) is 11.4 Å². The van der Waals surface area contributed by atoms with Gasteiger partial charge in [-0.15, -0.1) is 0 Å². The van der Waals surface area contributed by atoms with Gasteiger partial charge in [0.05, 0.1) is 6.54 Å². The van der Waals surface area contributed by atoms with Gasteiger partial charge < -0.3 is 9.84 Å². The Morgan fingerprint density at radius 1 is 1.12 bits per heavy atom. The van der Waals surface area contributed by atoms with E-state index in [1.807, 2.05) is 34.9 Å². The molecule has 0 saturated carbocycles. The molecule has 7 heteroatoms. The quantitative estimate of drug-likeness (QED) is 0.828. The number of amidine groups is 1. The molecule has 4 nitrogen and oxygen atoms in total. The Hall–Kier alpha value is -2.12. The van der Waals surface area contributed by atoms with E-state index in [2.05, 4.69) is 9.64 Å². The number of aliphatic hydroxyl groups is 1. The lowest BCUT2D eigenvalue weighted by Crippen LogP contribution is -2.41. The summed E-state index contributed by atoms with van der Waals surface area (Å²) in [6, 6.07) is 16.2. The zero-order chi connectivity index (χ0) is 18.1. The highest BCUT2D eigenvalue weighted by Gasteiger charge is 2.53. The highest BCUT2D eigenvalue weighted by atomic mass is 32.2. The van der Waals surface area contributed by atoms with Crippen LogP contribution in [0.25, 0.3) is 0 Å². The van der Waals surface area contributed by atoms with Crippen molar-refractivity contribution in [2.45, 2.75) is 18.8 Å². The molecule has 1 N–H and O–H groups in total. The first-order valence-electron chi connectivity index (χ1n) is 8.46. The summed E-state index contributed by atoms with van der Waals surface area (Å²) in [5.41, 5.74) is 0.482. The molecule has 0 spiro atoms. The van der Waals surface area contributed by atoms with Crippen molar-refractivity contribution < 1.29 is 23.2 Å². The summed E-state index contributed by atoms with van der Waals surface area (Å²) in [4.78, 5) is 2.12. The summed E-state index contributed by atoms with van der Waals surface area (Å²) in [7, 11) is 0. The average molecular weight is 377 g/mol. The maximum atomic E-state index is 12.4. The normalized spacial score (nSPS) is 22.7. The van der Waals surface area contributed by atoms with Crippen molar-refractivity contribution in [1.29, 1.82) is 0 Å². The third kappa shape index (κ3) is 3.05. The largest absolute Gasteiger partial charge is 0.435 e. The van der Waals surface area contributed by atoms with E-state index >= 15 is 0 Å². The lowest BCUT2D eigenvalue weighted by molar-refractivity contribution is -0.656. The van der Waals surface area contributed by atoms with Crippen molar-refractivity contribution in [2.75, 3.05) is 23.7 Å². The number of hydrogen-bond donors (Lipinski definition) is 1. The Labute approximate surface area is 154 Å². The molecule has 0 aliphatic carbocycles. The van der Waals surface area contributed by atoms with Gasteiger partial charge in [0, 0.05) is 11.3 Å². The van der Waals surface area contributed by atoms with Crippen molar-refractivity contribution in [3.05, 3.63) is 60.2 Å². The number of β-amino-alcohol motifs (C(OH)–C–C–N with tert-alkyl or cyclic N) is 1. The molecule has 136 valence electrons. The molecule has 0 bridgehead atoms. The van der Waals surface area contributed by atoms with E-state index in [0.29, 0.717) is 12.1 Å². The molecule has 2 aliphatic rings. The van der Waals surface area contributed by atoms with E-state index in [1.165, 1.54) is 12.1 Å². The minimum Gasteiger partial charge on any atom is -0.435 e. The van der Waals surface area contributed by atoms with Crippen LogP contribution in [0.15, 0.2) is 54.6 Å². The highest BCUT2D eigenvalue weighted by Crippen LogP contribution is 2.37. The Bertz CT molecular complexity index is 814. The van der Waals surface area contributed by atoms with Crippen LogP contribution in [0.1, 0.15) is 12.0 Å². The van der Waals surface area contributed by atoms with Crippen LogP contribution in [0.3, 0.4) is 0 Å². The Morgan fingerprint density at radius 2 is 1.85 bits per heavy atom. The van der Waals surface area contributed by atoms with Gasteiger partial charge >= 0.3 is 11.8 Å². The van der Waals surface area contributed by atoms with Crippen LogP contribution in [0.5, 0.6) is 5.75 Å². The predicted octanol–water partition coefficient (Wildman–Crippen LogP) is 3.46. The predicted molar refractivity (Wildman–Crippen MR) is 98.0 cm³/mol. The molecule has 0 fully saturated rings. The Kier molecular flexibility index (Phi) is 4.58. The Balaban J connectivity index is 1.70. The van der Waals surface area contributed by atoms with Gasteiger partial charge in [-0.25, -0.2) is 9.48 Å². The second-order valence-corrected chi connectivity index (χ2v) is 7.34. The summed E-state index contributed by atoms with van der Waals surface area (Å²) in [5, 5.41) is 12.5. The molecule has 4 rings (SSSR count). The summed E-state index contributed by atoms with van der Waals surface area (Å²) in [6.07, 6.45) is 0.978. The molecule has 0 amide bonds. The highest BCUT2D eigenvalue weighted by molar-refractivity contribution is 8.13. The standard InChI is InChI=1S/C19H19F2N2O2S/c20-17(21)25-16-9-7-14(8-10-16)19(24)13-22(15-5-2-1-3-6-15)18-23(19)11-4-12-26-18/h1-3,5-10,17,24H,4,11-13H2/q+1. The first kappa shape index (κ1) is 17.3. The molecular weight excluding hydrogens is 358 g/mol. The lowest BCUT2D eigenvalue weighted by Gasteiger charge is -2.24. The number of alkyl halides is 2. The van der Waals surface area contributed by atoms with Gasteiger partial charge in [0.2, 0.25) is 0 Å². The van der Waals surface area contributed by atoms with Gasteiger partial charge in [-0.1, -0.05) is 18.2 Å². The number of rotatable bonds is 4. The van der Waals surface area contributed by atoms with E-state index in [1.54, 1.807) is 23.9 Å². The number of halogens is 2. The number of nitrogens with zero attached hydrogens (tertiary/aromatic N) is 2. The first-order chi connectivity index (χ1) is 12.6. The Morgan fingerprint density at radius 3 is 2.54 bits per heavy atom. The summed E-state index contributed by atoms with van der Waals surface area (Å²) >= 11 is 1.73. The fraction of sp³-hybridized carbons (Fsp3) is 0.316. The number of ether oxygens (including phenoxy) is 1. The smallest absolute Gasteiger partial charge is 0.387 e. The van der Waals surface area contributed by atoms with Gasteiger partial charge in [0.15, 0.2) is 6.54 Å². The van der Waals surface area contributed by atoms with Gasteiger partial charge in [0.25, 0.3) is 5.72 Å². The van der Waals surface area contributed by atoms with E-state index in [-0.39, 0.29) is 5.75 Å². The summed E-state index contributed by atoms with van der Waals surface area (Å²) in [5.74, 6) is 1.09. The van der Waals surface area contributed by atoms with Crippen LogP contribution in [0.2, 0.25) is 0 Å². The SMILES string of the molecule is OC1(c2ccc(OC(F)F)cc2)CN(c2ccccc2)C2=[N+]1CCCS2. The molecule has 2 aromatic carbocycles. The minimum atomic E-state index is -2.86. The van der Waals surface area contributed by atoms with E-state index in [0.717, 1.165) is 29.6 Å². The molecule has 0 radical (unpaired) electrons. The molecule has 0 saturated heterocycles. The van der Waals surface area contributed by atoms with Crippen LogP contribution in [0.4, 0.5) is 14.5 Å². The third-order valence-electron chi connectivity index (χ3n) is 4.65. The molecule has 2 aliphatic heterocycles. The number of anilines is 1. The van der Waals surface area contributed by atoms with Crippen LogP contribution in [0, 0.1) is 0 Å². The number of para-hydroxylation sites is 1. The van der Waals surface area contributed by atoms with Crippen molar-refractivity contribution in [2.24, 2.45) is 0 Å². The van der Waals surface area contributed by atoms with Crippen molar-refractivity contribution in [1.82, 2.24) is 0 Å². The van der Waals surface area contributed by atoms with E-state index in [4.69, 9.17) is 0 Å². The zero-order valence-corrected chi connectivity index (χ0v) is 14.8. The monoisotopic (exact) mass is 377 g/mol. The van der Waals surface area contributed by atoms with Crippen LogP contribution >= 0.6 is 11.8 Å². The molecule has 1 unspecified atom stereocenters. The van der Waals surface area contributed by atoms with Crippen molar-refractivity contribution in [3.63, 3.8) is 0 Å². The van der Waals surface area contributed by atoms with Crippen LogP contribution < -0.4 is 9.64 Å². The van der Waals surface area contributed by atoms with Gasteiger partial charge in [-0.05, 0) is 54.6 Å². The number of thioether (sulfide) groups is 1. The second-order valence-electron chi connectivity index (χ2n) is 6.28. The van der Waals surface area contributed by atoms with Crippen LogP contribution in [-0.2, 0) is 5.72 Å². The van der Waals surface area contributed by atoms with Gasteiger partial charge in [-0.3, -0.25) is 0 Å². The summed E-state index contributed by atoms with van der Waals surface area (Å²) in [6.45, 7) is -1.73. The average Bonchev–Trinajstić information content (AvgIpc) is 2.97. The second kappa shape index (κ2) is 6.89. The fourth-order valence-corrected chi connectivity index (χ4v) is 4.64. The van der Waals surface area contributed by atoms with Crippen molar-refractivity contribution in [3.8, 4) is 5.75 Å². The van der Waals surface area contributed by atoms with E-state index < -0.39 is 12.3 Å². The first-order valence-corrected chi connectivity index (χ1v) is 9.44. The molecule has 2 heterocycles. The molecular formula is C19H19F2N2O2S+. The van der Waals surface area contributed by atoms with E-state index in [9.17, 15) is 13.9 Å². The fourth-order valence-electron chi connectivity index (χ4n) is 3.46.